The molecule has 5 nitrogen and oxygen atoms in total. The van der Waals surface area contributed by atoms with E-state index in [1.807, 2.05) is 49.1 Å². The van der Waals surface area contributed by atoms with Crippen molar-refractivity contribution in [1.82, 2.24) is 5.32 Å². The fourth-order valence-corrected chi connectivity index (χ4v) is 3.66. The first kappa shape index (κ1) is 21.1. The molecule has 1 atom stereocenters. The summed E-state index contributed by atoms with van der Waals surface area (Å²) < 4.78 is 5.87. The van der Waals surface area contributed by atoms with Crippen LogP contribution in [-0.2, 0) is 4.79 Å². The van der Waals surface area contributed by atoms with E-state index in [1.165, 1.54) is 11.1 Å². The normalized spacial score (nSPS) is 14.6. The van der Waals surface area contributed by atoms with Gasteiger partial charge in [0.05, 0.1) is 6.04 Å². The second-order valence-electron chi connectivity index (χ2n) is 7.71. The van der Waals surface area contributed by atoms with Crippen molar-refractivity contribution < 1.29 is 9.53 Å². The smallest absolute Gasteiger partial charge is 0.227 e. The summed E-state index contributed by atoms with van der Waals surface area (Å²) in [5.41, 5.74) is 5.37. The van der Waals surface area contributed by atoms with Gasteiger partial charge in [0.1, 0.15) is 12.4 Å². The number of amides is 1. The number of hydrogen-bond donors (Lipinski definition) is 2. The molecule has 154 valence electrons. The van der Waals surface area contributed by atoms with Crippen molar-refractivity contribution in [1.29, 1.82) is 0 Å². The fourth-order valence-electron chi connectivity index (χ4n) is 3.34. The second-order valence-corrected chi connectivity index (χ2v) is 8.12. The second kappa shape index (κ2) is 9.27. The van der Waals surface area contributed by atoms with Crippen LogP contribution in [-0.4, -0.2) is 30.2 Å². The minimum Gasteiger partial charge on any atom is -0.491 e. The molecule has 0 unspecified atom stereocenters. The Morgan fingerprint density at radius 3 is 2.59 bits per heavy atom. The molecule has 0 bridgehead atoms. The number of carbonyl (C=O) groups is 1. The summed E-state index contributed by atoms with van der Waals surface area (Å²) in [5.74, 6) is 1.04. The number of carbonyl (C=O) groups excluding carboxylic acids is 1. The minimum absolute atomic E-state index is 0.0432. The Morgan fingerprint density at radius 1 is 1.14 bits per heavy atom. The standard InChI is InChI=1S/C23H29N3O2S/c1-15-8-10-20(12-17(15)3)28-14-18(4)24-23(29)25-19-9-7-16(2)21(13-19)26-11-5-6-22(26)27/h7-10,12-13,18H,5-6,11,14H2,1-4H3,(H2,24,25,29)/t18-/m1/s1. The average Bonchev–Trinajstić information content (AvgIpc) is 3.10. The molecule has 0 aromatic heterocycles. The Labute approximate surface area is 178 Å². The molecule has 3 rings (SSSR count). The van der Waals surface area contributed by atoms with Gasteiger partial charge in [-0.1, -0.05) is 12.1 Å². The first-order valence-corrected chi connectivity index (χ1v) is 10.4. The molecule has 0 saturated carbocycles. The maximum atomic E-state index is 12.1. The number of nitrogens with one attached hydrogen (secondary N) is 2. The van der Waals surface area contributed by atoms with Gasteiger partial charge >= 0.3 is 0 Å². The summed E-state index contributed by atoms with van der Waals surface area (Å²) in [6.45, 7) is 9.49. The van der Waals surface area contributed by atoms with Crippen LogP contribution in [0.5, 0.6) is 5.75 Å². The summed E-state index contributed by atoms with van der Waals surface area (Å²) in [6.07, 6.45) is 1.53. The van der Waals surface area contributed by atoms with Crippen LogP contribution >= 0.6 is 12.2 Å². The van der Waals surface area contributed by atoms with E-state index in [2.05, 4.69) is 30.5 Å². The third-order valence-corrected chi connectivity index (χ3v) is 5.41. The number of benzene rings is 2. The van der Waals surface area contributed by atoms with Crippen molar-refractivity contribution >= 4 is 34.6 Å². The molecular weight excluding hydrogens is 382 g/mol. The van der Waals surface area contributed by atoms with Crippen molar-refractivity contribution in [3.05, 3.63) is 53.1 Å². The topological polar surface area (TPSA) is 53.6 Å². The van der Waals surface area contributed by atoms with E-state index >= 15 is 0 Å². The zero-order valence-electron chi connectivity index (χ0n) is 17.5. The molecule has 0 radical (unpaired) electrons. The van der Waals surface area contributed by atoms with Crippen LogP contribution in [0.2, 0.25) is 0 Å². The molecule has 0 aliphatic carbocycles. The zero-order chi connectivity index (χ0) is 21.0. The number of rotatable bonds is 6. The van der Waals surface area contributed by atoms with Gasteiger partial charge in [-0.3, -0.25) is 4.79 Å². The van der Waals surface area contributed by atoms with Crippen LogP contribution in [0.1, 0.15) is 36.5 Å². The van der Waals surface area contributed by atoms with Gasteiger partial charge in [-0.15, -0.1) is 0 Å². The Kier molecular flexibility index (Phi) is 6.75. The van der Waals surface area contributed by atoms with Crippen LogP contribution in [0, 0.1) is 20.8 Å². The maximum absolute atomic E-state index is 12.1. The molecule has 0 spiro atoms. The predicted molar refractivity (Wildman–Crippen MR) is 123 cm³/mol. The maximum Gasteiger partial charge on any atom is 0.227 e. The van der Waals surface area contributed by atoms with Gasteiger partial charge in [-0.25, -0.2) is 0 Å². The molecule has 1 saturated heterocycles. The van der Waals surface area contributed by atoms with E-state index in [0.717, 1.165) is 35.7 Å². The lowest BCUT2D eigenvalue weighted by Crippen LogP contribution is -2.39. The lowest BCUT2D eigenvalue weighted by molar-refractivity contribution is -0.117. The highest BCUT2D eigenvalue weighted by molar-refractivity contribution is 7.80. The molecule has 1 fully saturated rings. The number of hydrogen-bond acceptors (Lipinski definition) is 3. The van der Waals surface area contributed by atoms with Crippen LogP contribution in [0.15, 0.2) is 36.4 Å². The number of ether oxygens (including phenoxy) is 1. The highest BCUT2D eigenvalue weighted by atomic mass is 32.1. The molecule has 29 heavy (non-hydrogen) atoms. The van der Waals surface area contributed by atoms with Gasteiger partial charge < -0.3 is 20.3 Å². The molecule has 1 aliphatic rings. The van der Waals surface area contributed by atoms with Crippen molar-refractivity contribution in [2.45, 2.75) is 46.6 Å². The van der Waals surface area contributed by atoms with Crippen LogP contribution in [0.4, 0.5) is 11.4 Å². The van der Waals surface area contributed by atoms with Gasteiger partial charge in [-0.05, 0) is 87.3 Å². The van der Waals surface area contributed by atoms with Crippen molar-refractivity contribution in [3.8, 4) is 5.75 Å². The summed E-state index contributed by atoms with van der Waals surface area (Å²) >= 11 is 5.46. The largest absolute Gasteiger partial charge is 0.491 e. The van der Waals surface area contributed by atoms with E-state index in [0.29, 0.717) is 18.1 Å². The summed E-state index contributed by atoms with van der Waals surface area (Å²) in [6, 6.07) is 12.1. The molecule has 6 heteroatoms. The third-order valence-electron chi connectivity index (χ3n) is 5.19. The Morgan fingerprint density at radius 2 is 1.90 bits per heavy atom. The Bertz CT molecular complexity index is 913. The number of aryl methyl sites for hydroxylation is 3. The van der Waals surface area contributed by atoms with Gasteiger partial charge in [-0.2, -0.15) is 0 Å². The first-order chi connectivity index (χ1) is 13.8. The molecule has 2 aromatic carbocycles. The van der Waals surface area contributed by atoms with Gasteiger partial charge in [0.15, 0.2) is 5.11 Å². The number of anilines is 2. The van der Waals surface area contributed by atoms with E-state index in [9.17, 15) is 4.79 Å². The van der Waals surface area contributed by atoms with Crippen molar-refractivity contribution in [2.75, 3.05) is 23.4 Å². The Hall–Kier alpha value is -2.60. The lowest BCUT2D eigenvalue weighted by Gasteiger charge is -2.21. The number of thiocarbonyl (C=S) groups is 1. The SMILES string of the molecule is Cc1ccc(OC[C@@H](C)NC(=S)Nc2ccc(C)c(N3CCCC3=O)c2)cc1C. The fraction of sp³-hybridized carbons (Fsp3) is 0.391. The first-order valence-electron chi connectivity index (χ1n) is 10.0. The predicted octanol–water partition coefficient (Wildman–Crippen LogP) is 4.49. The van der Waals surface area contributed by atoms with E-state index in [-0.39, 0.29) is 11.9 Å². The Balaban J connectivity index is 1.54. The van der Waals surface area contributed by atoms with Gasteiger partial charge in [0.2, 0.25) is 5.91 Å². The quantitative estimate of drug-likeness (QED) is 0.686. The molecule has 2 N–H and O–H groups in total. The van der Waals surface area contributed by atoms with Crippen LogP contribution < -0.4 is 20.3 Å². The van der Waals surface area contributed by atoms with E-state index in [1.54, 1.807) is 0 Å². The molecular formula is C23H29N3O2S. The highest BCUT2D eigenvalue weighted by Crippen LogP contribution is 2.28. The van der Waals surface area contributed by atoms with Crippen LogP contribution in [0.25, 0.3) is 0 Å². The van der Waals surface area contributed by atoms with Gasteiger partial charge in [0.25, 0.3) is 0 Å². The van der Waals surface area contributed by atoms with Crippen molar-refractivity contribution in [2.24, 2.45) is 0 Å². The summed E-state index contributed by atoms with van der Waals surface area (Å²) in [7, 11) is 0. The highest BCUT2D eigenvalue weighted by Gasteiger charge is 2.23. The van der Waals surface area contributed by atoms with Gasteiger partial charge in [0, 0.05) is 24.3 Å². The molecule has 1 aliphatic heterocycles. The van der Waals surface area contributed by atoms with E-state index < -0.39 is 0 Å². The zero-order valence-corrected chi connectivity index (χ0v) is 18.4. The summed E-state index contributed by atoms with van der Waals surface area (Å²) in [5, 5.41) is 7.00. The minimum atomic E-state index is 0.0432. The van der Waals surface area contributed by atoms with Crippen molar-refractivity contribution in [3.63, 3.8) is 0 Å². The third kappa shape index (κ3) is 5.48. The molecule has 1 heterocycles. The lowest BCUT2D eigenvalue weighted by atomic mass is 10.1. The van der Waals surface area contributed by atoms with Crippen LogP contribution in [0.3, 0.4) is 0 Å². The molecule has 1 amide bonds. The monoisotopic (exact) mass is 411 g/mol. The molecule has 2 aromatic rings. The average molecular weight is 412 g/mol. The summed E-state index contributed by atoms with van der Waals surface area (Å²) in [4.78, 5) is 13.9. The van der Waals surface area contributed by atoms with E-state index in [4.69, 9.17) is 17.0 Å². The number of nitrogens with zero attached hydrogens (tertiary/aromatic N) is 1.